The standard InChI is InChI=1S/C26H31N3O3/c1-18-8-10-21(11-9-18)24-23(25(30)32-2)22(27-26(31)28-24)17-29-14-12-20(13-15-29)16-19-6-4-3-5-7-19/h3-11,20,24H,12-17H2,1-2H3,(H2,27,28,31). The first-order chi connectivity index (χ1) is 15.5. The molecule has 6 nitrogen and oxygen atoms in total. The first-order valence-electron chi connectivity index (χ1n) is 11.2. The molecule has 32 heavy (non-hydrogen) atoms. The lowest BCUT2D eigenvalue weighted by Crippen LogP contribution is -2.49. The van der Waals surface area contributed by atoms with Crippen molar-refractivity contribution >= 4 is 12.0 Å². The summed E-state index contributed by atoms with van der Waals surface area (Å²) in [7, 11) is 1.38. The summed E-state index contributed by atoms with van der Waals surface area (Å²) in [6.07, 6.45) is 3.30. The summed E-state index contributed by atoms with van der Waals surface area (Å²) in [5, 5.41) is 5.77. The van der Waals surface area contributed by atoms with Gasteiger partial charge in [-0.25, -0.2) is 9.59 Å². The molecule has 1 unspecified atom stereocenters. The molecule has 2 heterocycles. The molecule has 0 bridgehead atoms. The Hall–Kier alpha value is -3.12. The highest BCUT2D eigenvalue weighted by atomic mass is 16.5. The number of ether oxygens (including phenoxy) is 1. The second kappa shape index (κ2) is 10.0. The zero-order chi connectivity index (χ0) is 22.5. The molecular weight excluding hydrogens is 402 g/mol. The average molecular weight is 434 g/mol. The zero-order valence-electron chi connectivity index (χ0n) is 18.8. The van der Waals surface area contributed by atoms with E-state index in [1.807, 2.05) is 31.2 Å². The third-order valence-electron chi connectivity index (χ3n) is 6.43. The lowest BCUT2D eigenvalue weighted by Gasteiger charge is -2.35. The van der Waals surface area contributed by atoms with Crippen LogP contribution in [0.1, 0.15) is 35.6 Å². The molecule has 1 fully saturated rings. The van der Waals surface area contributed by atoms with Crippen molar-refractivity contribution in [3.63, 3.8) is 0 Å². The van der Waals surface area contributed by atoms with Gasteiger partial charge in [-0.2, -0.15) is 0 Å². The lowest BCUT2D eigenvalue weighted by atomic mass is 9.89. The van der Waals surface area contributed by atoms with Crippen LogP contribution < -0.4 is 10.6 Å². The fourth-order valence-electron chi connectivity index (χ4n) is 4.62. The molecule has 0 aliphatic carbocycles. The Balaban J connectivity index is 1.49. The maximum Gasteiger partial charge on any atom is 0.338 e. The first kappa shape index (κ1) is 22.1. The molecule has 4 rings (SSSR count). The number of piperidine rings is 1. The van der Waals surface area contributed by atoms with Crippen LogP contribution in [0.15, 0.2) is 65.9 Å². The lowest BCUT2D eigenvalue weighted by molar-refractivity contribution is -0.136. The average Bonchev–Trinajstić information content (AvgIpc) is 2.81. The van der Waals surface area contributed by atoms with Crippen LogP contribution in [-0.4, -0.2) is 43.6 Å². The van der Waals surface area contributed by atoms with E-state index < -0.39 is 12.0 Å². The number of benzene rings is 2. The van der Waals surface area contributed by atoms with Crippen LogP contribution in [0.2, 0.25) is 0 Å². The van der Waals surface area contributed by atoms with Crippen molar-refractivity contribution in [2.24, 2.45) is 5.92 Å². The normalized spacial score (nSPS) is 19.9. The number of rotatable bonds is 6. The summed E-state index contributed by atoms with van der Waals surface area (Å²) in [5.41, 5.74) is 4.48. The third kappa shape index (κ3) is 5.19. The van der Waals surface area contributed by atoms with Gasteiger partial charge in [0.05, 0.1) is 18.7 Å². The molecule has 0 radical (unpaired) electrons. The minimum Gasteiger partial charge on any atom is -0.466 e. The number of urea groups is 1. The Labute approximate surface area is 189 Å². The van der Waals surface area contributed by atoms with E-state index in [1.54, 1.807) is 0 Å². The van der Waals surface area contributed by atoms with Gasteiger partial charge >= 0.3 is 12.0 Å². The van der Waals surface area contributed by atoms with Crippen LogP contribution in [0.5, 0.6) is 0 Å². The van der Waals surface area contributed by atoms with Gasteiger partial charge in [0.25, 0.3) is 0 Å². The molecule has 2 amide bonds. The van der Waals surface area contributed by atoms with Crippen molar-refractivity contribution in [1.29, 1.82) is 0 Å². The highest BCUT2D eigenvalue weighted by Gasteiger charge is 2.34. The second-order valence-electron chi connectivity index (χ2n) is 8.74. The maximum atomic E-state index is 12.7. The van der Waals surface area contributed by atoms with Crippen molar-refractivity contribution in [2.75, 3.05) is 26.7 Å². The second-order valence-corrected chi connectivity index (χ2v) is 8.74. The summed E-state index contributed by atoms with van der Waals surface area (Å²) in [4.78, 5) is 27.5. The highest BCUT2D eigenvalue weighted by molar-refractivity contribution is 5.95. The topological polar surface area (TPSA) is 70.7 Å². The van der Waals surface area contributed by atoms with Crippen molar-refractivity contribution in [1.82, 2.24) is 15.5 Å². The molecule has 0 spiro atoms. The van der Waals surface area contributed by atoms with Crippen molar-refractivity contribution in [3.05, 3.63) is 82.6 Å². The van der Waals surface area contributed by atoms with E-state index in [-0.39, 0.29) is 6.03 Å². The maximum absolute atomic E-state index is 12.7. The van der Waals surface area contributed by atoms with Gasteiger partial charge < -0.3 is 15.4 Å². The highest BCUT2D eigenvalue weighted by Crippen LogP contribution is 2.29. The first-order valence-corrected chi connectivity index (χ1v) is 11.2. The Morgan fingerprint density at radius 1 is 1.06 bits per heavy atom. The van der Waals surface area contributed by atoms with Gasteiger partial charge in [-0.05, 0) is 56.3 Å². The molecule has 2 aromatic rings. The summed E-state index contributed by atoms with van der Waals surface area (Å²) in [6.45, 7) is 4.41. The number of carbonyl (C=O) groups is 2. The molecule has 2 aromatic carbocycles. The number of likely N-dealkylation sites (tertiary alicyclic amines) is 1. The molecule has 168 valence electrons. The molecule has 0 saturated carbocycles. The van der Waals surface area contributed by atoms with Crippen LogP contribution in [-0.2, 0) is 16.0 Å². The van der Waals surface area contributed by atoms with E-state index >= 15 is 0 Å². The van der Waals surface area contributed by atoms with Crippen LogP contribution in [0, 0.1) is 12.8 Å². The van der Waals surface area contributed by atoms with Crippen molar-refractivity contribution in [2.45, 2.75) is 32.2 Å². The van der Waals surface area contributed by atoms with E-state index in [0.29, 0.717) is 23.7 Å². The number of hydrogen-bond donors (Lipinski definition) is 2. The Bertz CT molecular complexity index is 977. The SMILES string of the molecule is COC(=O)C1=C(CN2CCC(Cc3ccccc3)CC2)NC(=O)NC1c1ccc(C)cc1. The van der Waals surface area contributed by atoms with Gasteiger partial charge in [-0.3, -0.25) is 4.90 Å². The van der Waals surface area contributed by atoms with Gasteiger partial charge in [-0.15, -0.1) is 0 Å². The quantitative estimate of drug-likeness (QED) is 0.681. The van der Waals surface area contributed by atoms with Crippen molar-refractivity contribution < 1.29 is 14.3 Å². The minimum absolute atomic E-state index is 0.294. The van der Waals surface area contributed by atoms with Crippen LogP contribution in [0.4, 0.5) is 4.79 Å². The number of amides is 2. The fourth-order valence-corrected chi connectivity index (χ4v) is 4.62. The van der Waals surface area contributed by atoms with Crippen LogP contribution in [0.25, 0.3) is 0 Å². The predicted octanol–water partition coefficient (Wildman–Crippen LogP) is 3.73. The number of hydrogen-bond acceptors (Lipinski definition) is 4. The number of carbonyl (C=O) groups excluding carboxylic acids is 2. The van der Waals surface area contributed by atoms with E-state index in [1.165, 1.54) is 12.7 Å². The van der Waals surface area contributed by atoms with E-state index in [2.05, 4.69) is 45.9 Å². The van der Waals surface area contributed by atoms with Gasteiger partial charge in [0.15, 0.2) is 0 Å². The third-order valence-corrected chi connectivity index (χ3v) is 6.43. The Kier molecular flexibility index (Phi) is 6.90. The van der Waals surface area contributed by atoms with Gasteiger partial charge in [0.2, 0.25) is 0 Å². The summed E-state index contributed by atoms with van der Waals surface area (Å²) < 4.78 is 5.10. The smallest absolute Gasteiger partial charge is 0.338 e. The van der Waals surface area contributed by atoms with Gasteiger partial charge in [0.1, 0.15) is 0 Å². The minimum atomic E-state index is -0.526. The number of nitrogens with zero attached hydrogens (tertiary/aromatic N) is 1. The molecule has 1 atom stereocenters. The van der Waals surface area contributed by atoms with Crippen LogP contribution in [0.3, 0.4) is 0 Å². The molecule has 1 saturated heterocycles. The Morgan fingerprint density at radius 3 is 2.41 bits per heavy atom. The number of aryl methyl sites for hydroxylation is 1. The van der Waals surface area contributed by atoms with Crippen LogP contribution >= 0.6 is 0 Å². The van der Waals surface area contributed by atoms with E-state index in [9.17, 15) is 9.59 Å². The molecule has 6 heteroatoms. The molecular formula is C26H31N3O3. The number of methoxy groups -OCH3 is 1. The zero-order valence-corrected chi connectivity index (χ0v) is 18.8. The van der Waals surface area contributed by atoms with E-state index in [0.717, 1.165) is 43.5 Å². The number of nitrogens with one attached hydrogen (secondary N) is 2. The molecule has 2 aliphatic rings. The van der Waals surface area contributed by atoms with Crippen molar-refractivity contribution in [3.8, 4) is 0 Å². The van der Waals surface area contributed by atoms with E-state index in [4.69, 9.17) is 4.74 Å². The summed E-state index contributed by atoms with van der Waals surface area (Å²) in [5.74, 6) is 0.239. The van der Waals surface area contributed by atoms with Gasteiger partial charge in [0, 0.05) is 12.2 Å². The molecule has 0 aromatic heterocycles. The predicted molar refractivity (Wildman–Crippen MR) is 124 cm³/mol. The number of esters is 1. The Morgan fingerprint density at radius 2 is 1.75 bits per heavy atom. The monoisotopic (exact) mass is 433 g/mol. The molecule has 2 aliphatic heterocycles. The largest absolute Gasteiger partial charge is 0.466 e. The van der Waals surface area contributed by atoms with Gasteiger partial charge in [-0.1, -0.05) is 60.2 Å². The summed E-state index contributed by atoms with van der Waals surface area (Å²) in [6, 6.07) is 17.7. The molecule has 2 N–H and O–H groups in total. The summed E-state index contributed by atoms with van der Waals surface area (Å²) >= 11 is 0. The fraction of sp³-hybridized carbons (Fsp3) is 0.385.